The number of thioether (sulfide) groups is 1. The molecule has 0 saturated carbocycles. The number of sulfonamides is 1. The van der Waals surface area contributed by atoms with Crippen LogP contribution < -0.4 is 5.32 Å². The lowest BCUT2D eigenvalue weighted by Crippen LogP contribution is -2.40. The fourth-order valence-electron chi connectivity index (χ4n) is 2.69. The van der Waals surface area contributed by atoms with Crippen molar-refractivity contribution in [3.63, 3.8) is 0 Å². The second-order valence-corrected chi connectivity index (χ2v) is 9.47. The first kappa shape index (κ1) is 22.0. The highest BCUT2D eigenvalue weighted by Crippen LogP contribution is 2.18. The van der Waals surface area contributed by atoms with Gasteiger partial charge in [-0.3, -0.25) is 9.89 Å². The molecule has 1 heterocycles. The Morgan fingerprint density at radius 2 is 1.77 bits per heavy atom. The number of amides is 1. The molecule has 10 heteroatoms. The van der Waals surface area contributed by atoms with Gasteiger partial charge in [0, 0.05) is 18.8 Å². The number of benzene rings is 2. The zero-order valence-corrected chi connectivity index (χ0v) is 18.1. The van der Waals surface area contributed by atoms with Crippen molar-refractivity contribution in [3.8, 4) is 0 Å². The molecular formula is C20H23N5O3S2. The molecule has 30 heavy (non-hydrogen) atoms. The molecule has 0 saturated heterocycles. The van der Waals surface area contributed by atoms with Gasteiger partial charge < -0.3 is 5.32 Å². The second-order valence-electron chi connectivity index (χ2n) is 6.47. The van der Waals surface area contributed by atoms with Gasteiger partial charge >= 0.3 is 0 Å². The van der Waals surface area contributed by atoms with E-state index in [-0.39, 0.29) is 23.9 Å². The van der Waals surface area contributed by atoms with E-state index in [4.69, 9.17) is 0 Å². The number of nitrogens with zero attached hydrogens (tertiary/aromatic N) is 3. The Hall–Kier alpha value is -2.69. The number of nitrogens with one attached hydrogen (secondary N) is 2. The number of aromatic amines is 1. The minimum Gasteiger partial charge on any atom is -0.354 e. The highest BCUT2D eigenvalue weighted by atomic mass is 32.2. The number of hydrogen-bond acceptors (Lipinski definition) is 6. The van der Waals surface area contributed by atoms with Gasteiger partial charge in [-0.25, -0.2) is 13.4 Å². The van der Waals surface area contributed by atoms with Crippen LogP contribution in [0.4, 0.5) is 0 Å². The Kier molecular flexibility index (Phi) is 7.61. The normalized spacial score (nSPS) is 11.5. The molecule has 0 bridgehead atoms. The van der Waals surface area contributed by atoms with Gasteiger partial charge in [-0.1, -0.05) is 60.3 Å². The molecule has 0 aliphatic rings. The summed E-state index contributed by atoms with van der Waals surface area (Å²) in [6.07, 6.45) is 0. The van der Waals surface area contributed by atoms with Crippen LogP contribution in [0.1, 0.15) is 11.4 Å². The molecule has 1 aromatic heterocycles. The third-order valence-corrected chi connectivity index (χ3v) is 6.79. The fourth-order valence-corrected chi connectivity index (χ4v) is 4.79. The number of carbonyl (C=O) groups is 1. The highest BCUT2D eigenvalue weighted by Gasteiger charge is 2.26. The molecule has 0 aliphatic carbocycles. The molecule has 2 aromatic carbocycles. The summed E-state index contributed by atoms with van der Waals surface area (Å²) in [6.45, 7) is 2.03. The number of carbonyl (C=O) groups excluding carboxylic acids is 1. The van der Waals surface area contributed by atoms with Crippen molar-refractivity contribution in [1.29, 1.82) is 0 Å². The van der Waals surface area contributed by atoms with E-state index in [1.165, 1.54) is 28.2 Å². The lowest BCUT2D eigenvalue weighted by Gasteiger charge is -2.22. The largest absolute Gasteiger partial charge is 0.354 e. The molecule has 2 N–H and O–H groups in total. The van der Waals surface area contributed by atoms with E-state index in [2.05, 4.69) is 20.5 Å². The predicted octanol–water partition coefficient (Wildman–Crippen LogP) is 2.21. The summed E-state index contributed by atoms with van der Waals surface area (Å²) in [5, 5.41) is 10.2. The van der Waals surface area contributed by atoms with Gasteiger partial charge in [0.15, 0.2) is 0 Å². The maximum atomic E-state index is 13.1. The number of hydrogen-bond donors (Lipinski definition) is 2. The van der Waals surface area contributed by atoms with Crippen LogP contribution in [-0.4, -0.2) is 52.7 Å². The lowest BCUT2D eigenvalue weighted by atomic mass is 10.2. The summed E-state index contributed by atoms with van der Waals surface area (Å²) in [6, 6.07) is 17.3. The van der Waals surface area contributed by atoms with Crippen LogP contribution in [0.15, 0.2) is 70.7 Å². The maximum absolute atomic E-state index is 13.1. The first-order chi connectivity index (χ1) is 14.4. The predicted molar refractivity (Wildman–Crippen MR) is 115 cm³/mol. The summed E-state index contributed by atoms with van der Waals surface area (Å²) in [7, 11) is -3.82. The van der Waals surface area contributed by atoms with E-state index in [1.54, 1.807) is 18.2 Å². The summed E-state index contributed by atoms with van der Waals surface area (Å²) in [5.41, 5.74) is 0.806. The van der Waals surface area contributed by atoms with E-state index >= 15 is 0 Å². The third-order valence-electron chi connectivity index (χ3n) is 4.13. The summed E-state index contributed by atoms with van der Waals surface area (Å²) in [4.78, 5) is 16.8. The average Bonchev–Trinajstić information content (AvgIpc) is 3.17. The molecule has 0 atom stereocenters. The van der Waals surface area contributed by atoms with Crippen LogP contribution in [0.5, 0.6) is 0 Å². The molecule has 3 rings (SSSR count). The first-order valence-electron chi connectivity index (χ1n) is 9.33. The van der Waals surface area contributed by atoms with Crippen LogP contribution in [0.2, 0.25) is 0 Å². The molecule has 0 spiro atoms. The Balaban J connectivity index is 1.63. The number of rotatable bonds is 10. The van der Waals surface area contributed by atoms with Gasteiger partial charge in [-0.2, -0.15) is 4.31 Å². The van der Waals surface area contributed by atoms with Crippen molar-refractivity contribution in [2.24, 2.45) is 0 Å². The Labute approximate surface area is 180 Å². The topological polar surface area (TPSA) is 108 Å². The summed E-state index contributed by atoms with van der Waals surface area (Å²) >= 11 is 1.41. The zero-order valence-electron chi connectivity index (χ0n) is 16.5. The van der Waals surface area contributed by atoms with Crippen molar-refractivity contribution in [2.75, 3.05) is 18.8 Å². The lowest BCUT2D eigenvalue weighted by molar-refractivity contribution is -0.121. The number of aromatic nitrogens is 3. The summed E-state index contributed by atoms with van der Waals surface area (Å²) < 4.78 is 27.4. The van der Waals surface area contributed by atoms with Gasteiger partial charge in [-0.15, -0.1) is 5.10 Å². The van der Waals surface area contributed by atoms with Gasteiger partial charge in [0.25, 0.3) is 0 Å². The van der Waals surface area contributed by atoms with Crippen molar-refractivity contribution >= 4 is 27.7 Å². The smallest absolute Gasteiger partial charge is 0.243 e. The molecule has 158 valence electrons. The van der Waals surface area contributed by atoms with E-state index in [0.717, 1.165) is 11.4 Å². The zero-order chi connectivity index (χ0) is 21.4. The van der Waals surface area contributed by atoms with Gasteiger partial charge in [-0.05, 0) is 24.6 Å². The number of H-pyrrole nitrogens is 1. The van der Waals surface area contributed by atoms with Gasteiger partial charge in [0.05, 0.1) is 11.4 Å². The third kappa shape index (κ3) is 6.15. The van der Waals surface area contributed by atoms with Gasteiger partial charge in [0.1, 0.15) is 5.82 Å². The van der Waals surface area contributed by atoms with Crippen LogP contribution in [0.3, 0.4) is 0 Å². The molecular weight excluding hydrogens is 422 g/mol. The molecule has 3 aromatic rings. The van der Waals surface area contributed by atoms with Gasteiger partial charge in [0.2, 0.25) is 21.1 Å². The van der Waals surface area contributed by atoms with Crippen LogP contribution in [0.25, 0.3) is 0 Å². The Bertz CT molecular complexity index is 1060. The summed E-state index contributed by atoms with van der Waals surface area (Å²) in [5.74, 6) is 0.939. The fraction of sp³-hybridized carbons (Fsp3) is 0.250. The average molecular weight is 446 g/mol. The van der Waals surface area contributed by atoms with Crippen LogP contribution in [-0.2, 0) is 21.4 Å². The standard InChI is InChI=1S/C20H23N5O3S2/c1-16-22-20(24-23-16)29-13-12-21-19(26)15-25(14-17-8-4-2-5-9-17)30(27,28)18-10-6-3-7-11-18/h2-11H,12-15H2,1H3,(H,21,26)(H,22,23,24). The first-order valence-corrected chi connectivity index (χ1v) is 11.8. The molecule has 0 fully saturated rings. The van der Waals surface area contributed by atoms with Crippen molar-refractivity contribution in [2.45, 2.75) is 23.5 Å². The minimum atomic E-state index is -3.82. The molecule has 1 amide bonds. The molecule has 0 unspecified atom stereocenters. The van der Waals surface area contributed by atoms with Crippen molar-refractivity contribution < 1.29 is 13.2 Å². The molecule has 8 nitrogen and oxygen atoms in total. The monoisotopic (exact) mass is 445 g/mol. The van der Waals surface area contributed by atoms with Crippen molar-refractivity contribution in [3.05, 3.63) is 72.1 Å². The number of aryl methyl sites for hydroxylation is 1. The van der Waals surface area contributed by atoms with E-state index in [1.807, 2.05) is 37.3 Å². The van der Waals surface area contributed by atoms with E-state index < -0.39 is 10.0 Å². The molecule has 0 aliphatic heterocycles. The Morgan fingerprint density at radius 3 is 2.40 bits per heavy atom. The maximum Gasteiger partial charge on any atom is 0.243 e. The van der Waals surface area contributed by atoms with Crippen LogP contribution in [0, 0.1) is 6.92 Å². The second kappa shape index (κ2) is 10.4. The van der Waals surface area contributed by atoms with Crippen LogP contribution >= 0.6 is 11.8 Å². The van der Waals surface area contributed by atoms with Crippen molar-refractivity contribution in [1.82, 2.24) is 24.8 Å². The van der Waals surface area contributed by atoms with E-state index in [0.29, 0.717) is 17.5 Å². The SMILES string of the molecule is Cc1nc(SCCNC(=O)CN(Cc2ccccc2)S(=O)(=O)c2ccccc2)n[nH]1. The highest BCUT2D eigenvalue weighted by molar-refractivity contribution is 7.99. The quantitative estimate of drug-likeness (QED) is 0.366. The minimum absolute atomic E-state index is 0.108. The Morgan fingerprint density at radius 1 is 1.10 bits per heavy atom. The molecule has 0 radical (unpaired) electrons. The van der Waals surface area contributed by atoms with E-state index in [9.17, 15) is 13.2 Å².